The third-order valence-corrected chi connectivity index (χ3v) is 8.82. The molecule has 1 N–H and O–H groups in total. The van der Waals surface area contributed by atoms with Crippen LogP contribution in [0.5, 0.6) is 0 Å². The number of anilines is 2. The SMILES string of the molecule is CN(C)S(=O)(=O)N1CCc2c1ccc(C(=O)Nc1ccccc1)c2[Si](C)(C)C. The van der Waals surface area contributed by atoms with Crippen LogP contribution in [0.1, 0.15) is 15.9 Å². The molecule has 0 saturated carbocycles. The predicted molar refractivity (Wildman–Crippen MR) is 117 cm³/mol. The highest BCUT2D eigenvalue weighted by Crippen LogP contribution is 2.32. The Morgan fingerprint density at radius 2 is 1.71 bits per heavy atom. The molecule has 150 valence electrons. The monoisotopic (exact) mass is 417 g/mol. The molecule has 0 aliphatic carbocycles. The molecular formula is C20H27N3O3SSi. The van der Waals surface area contributed by atoms with Crippen LogP contribution in [0.15, 0.2) is 42.5 Å². The van der Waals surface area contributed by atoms with Gasteiger partial charge in [-0.25, -0.2) is 0 Å². The van der Waals surface area contributed by atoms with Crippen molar-refractivity contribution in [1.82, 2.24) is 4.31 Å². The van der Waals surface area contributed by atoms with Crippen molar-refractivity contribution in [2.75, 3.05) is 30.3 Å². The molecule has 0 bridgehead atoms. The first-order valence-corrected chi connectivity index (χ1v) is 14.2. The summed E-state index contributed by atoms with van der Waals surface area (Å²) >= 11 is 0. The van der Waals surface area contributed by atoms with Crippen LogP contribution in [-0.4, -0.2) is 47.3 Å². The number of carbonyl (C=O) groups excluding carboxylic acids is 1. The maximum atomic E-state index is 13.0. The number of nitrogens with zero attached hydrogens (tertiary/aromatic N) is 2. The average Bonchev–Trinajstić information content (AvgIpc) is 3.05. The fourth-order valence-electron chi connectivity index (χ4n) is 3.66. The Morgan fingerprint density at radius 1 is 1.07 bits per heavy atom. The van der Waals surface area contributed by atoms with Crippen LogP contribution in [0.4, 0.5) is 11.4 Å². The van der Waals surface area contributed by atoms with E-state index < -0.39 is 18.3 Å². The van der Waals surface area contributed by atoms with Crippen molar-refractivity contribution in [3.63, 3.8) is 0 Å². The van der Waals surface area contributed by atoms with Crippen molar-refractivity contribution < 1.29 is 13.2 Å². The van der Waals surface area contributed by atoms with Gasteiger partial charge in [0.05, 0.1) is 13.8 Å². The molecule has 2 aromatic rings. The smallest absolute Gasteiger partial charge is 0.303 e. The fraction of sp³-hybridized carbons (Fsp3) is 0.350. The summed E-state index contributed by atoms with van der Waals surface area (Å²) < 4.78 is 28.1. The van der Waals surface area contributed by atoms with Gasteiger partial charge in [0.25, 0.3) is 5.91 Å². The molecule has 0 radical (unpaired) electrons. The summed E-state index contributed by atoms with van der Waals surface area (Å²) in [7, 11) is -2.41. The Kier molecular flexibility index (Phi) is 5.39. The largest absolute Gasteiger partial charge is 0.322 e. The Hall–Kier alpha value is -2.16. The van der Waals surface area contributed by atoms with E-state index in [9.17, 15) is 13.2 Å². The zero-order valence-electron chi connectivity index (χ0n) is 17.0. The molecule has 3 rings (SSSR count). The molecule has 6 nitrogen and oxygen atoms in total. The molecule has 2 aromatic carbocycles. The number of hydrogen-bond acceptors (Lipinski definition) is 3. The first-order valence-electron chi connectivity index (χ1n) is 9.26. The minimum atomic E-state index is -3.55. The van der Waals surface area contributed by atoms with E-state index in [1.807, 2.05) is 30.3 Å². The number of amides is 1. The Labute approximate surface area is 168 Å². The highest BCUT2D eigenvalue weighted by Gasteiger charge is 2.36. The molecule has 1 aliphatic rings. The van der Waals surface area contributed by atoms with Crippen LogP contribution in [0.2, 0.25) is 19.6 Å². The normalized spacial score (nSPS) is 14.3. The van der Waals surface area contributed by atoms with Crippen molar-refractivity contribution in [2.24, 2.45) is 0 Å². The zero-order chi connectivity index (χ0) is 20.7. The quantitative estimate of drug-likeness (QED) is 0.761. The van der Waals surface area contributed by atoms with E-state index >= 15 is 0 Å². The van der Waals surface area contributed by atoms with Crippen molar-refractivity contribution in [2.45, 2.75) is 26.1 Å². The van der Waals surface area contributed by atoms with Gasteiger partial charge in [-0.2, -0.15) is 12.7 Å². The van der Waals surface area contributed by atoms with Crippen LogP contribution >= 0.6 is 0 Å². The lowest BCUT2D eigenvalue weighted by Gasteiger charge is -2.27. The van der Waals surface area contributed by atoms with E-state index in [2.05, 4.69) is 25.0 Å². The molecule has 28 heavy (non-hydrogen) atoms. The molecule has 0 spiro atoms. The molecule has 1 heterocycles. The number of carbonyl (C=O) groups is 1. The summed E-state index contributed by atoms with van der Waals surface area (Å²) in [6.45, 7) is 6.96. The Balaban J connectivity index is 2.09. The number of benzene rings is 2. The molecule has 0 atom stereocenters. The third-order valence-electron chi connectivity index (χ3n) is 4.89. The van der Waals surface area contributed by atoms with Gasteiger partial charge in [-0.1, -0.05) is 37.8 Å². The van der Waals surface area contributed by atoms with E-state index in [1.54, 1.807) is 12.1 Å². The van der Waals surface area contributed by atoms with E-state index in [4.69, 9.17) is 0 Å². The van der Waals surface area contributed by atoms with Crippen LogP contribution in [-0.2, 0) is 16.6 Å². The molecule has 0 aromatic heterocycles. The molecule has 8 heteroatoms. The van der Waals surface area contributed by atoms with Gasteiger partial charge in [-0.05, 0) is 41.4 Å². The standard InChI is InChI=1S/C20H27N3O3SSi/c1-22(2)27(25,26)23-14-13-16-18(23)12-11-17(19(16)28(3,4)5)20(24)21-15-9-7-6-8-10-15/h6-12H,13-14H2,1-5H3,(H,21,24). The number of fused-ring (bicyclic) bond motifs is 1. The minimum Gasteiger partial charge on any atom is -0.322 e. The van der Waals surface area contributed by atoms with Crippen molar-refractivity contribution >= 4 is 40.8 Å². The lowest BCUT2D eigenvalue weighted by molar-refractivity contribution is 0.102. The van der Waals surface area contributed by atoms with Crippen LogP contribution < -0.4 is 14.8 Å². The van der Waals surface area contributed by atoms with Crippen LogP contribution in [0.25, 0.3) is 0 Å². The topological polar surface area (TPSA) is 69.7 Å². The summed E-state index contributed by atoms with van der Waals surface area (Å²) in [6, 6.07) is 12.9. The summed E-state index contributed by atoms with van der Waals surface area (Å²) in [6.07, 6.45) is 0.620. The van der Waals surface area contributed by atoms with Gasteiger partial charge in [0.2, 0.25) is 0 Å². The van der Waals surface area contributed by atoms with E-state index in [-0.39, 0.29) is 5.91 Å². The molecular weight excluding hydrogens is 390 g/mol. The van der Waals surface area contributed by atoms with Gasteiger partial charge in [0.15, 0.2) is 0 Å². The highest BCUT2D eigenvalue weighted by atomic mass is 32.2. The van der Waals surface area contributed by atoms with Gasteiger partial charge < -0.3 is 5.32 Å². The Bertz CT molecular complexity index is 999. The second kappa shape index (κ2) is 7.34. The molecule has 0 fully saturated rings. The van der Waals surface area contributed by atoms with Crippen LogP contribution in [0, 0.1) is 0 Å². The number of para-hydroxylation sites is 1. The van der Waals surface area contributed by atoms with E-state index in [1.165, 1.54) is 22.7 Å². The van der Waals surface area contributed by atoms with Gasteiger partial charge in [0, 0.05) is 31.9 Å². The second-order valence-corrected chi connectivity index (χ2v) is 15.2. The Morgan fingerprint density at radius 3 is 2.29 bits per heavy atom. The van der Waals surface area contributed by atoms with Crippen molar-refractivity contribution in [1.29, 1.82) is 0 Å². The summed E-state index contributed by atoms with van der Waals surface area (Å²) in [5.41, 5.74) is 3.07. The lowest BCUT2D eigenvalue weighted by Crippen LogP contribution is -2.44. The minimum absolute atomic E-state index is 0.152. The number of rotatable bonds is 5. The lowest BCUT2D eigenvalue weighted by atomic mass is 10.1. The second-order valence-electron chi connectivity index (χ2n) is 8.17. The van der Waals surface area contributed by atoms with Gasteiger partial charge in [-0.15, -0.1) is 0 Å². The average molecular weight is 418 g/mol. The molecule has 1 amide bonds. The molecule has 0 saturated heterocycles. The van der Waals surface area contributed by atoms with Crippen molar-refractivity contribution in [3.05, 3.63) is 53.6 Å². The summed E-state index contributed by atoms with van der Waals surface area (Å²) in [5, 5.41) is 4.00. The van der Waals surface area contributed by atoms with Gasteiger partial charge in [-0.3, -0.25) is 9.10 Å². The fourth-order valence-corrected chi connectivity index (χ4v) is 6.96. The summed E-state index contributed by atoms with van der Waals surface area (Å²) in [5.74, 6) is -0.152. The maximum Gasteiger partial charge on any atom is 0.303 e. The van der Waals surface area contributed by atoms with E-state index in [0.717, 1.165) is 16.4 Å². The first-order chi connectivity index (χ1) is 13.0. The number of nitrogens with one attached hydrogen (secondary N) is 1. The zero-order valence-corrected chi connectivity index (χ0v) is 18.8. The summed E-state index contributed by atoms with van der Waals surface area (Å²) in [4.78, 5) is 13.0. The van der Waals surface area contributed by atoms with Gasteiger partial charge in [0.1, 0.15) is 0 Å². The van der Waals surface area contributed by atoms with E-state index in [0.29, 0.717) is 24.2 Å². The maximum absolute atomic E-state index is 13.0. The predicted octanol–water partition coefficient (Wildman–Crippen LogP) is 2.65. The highest BCUT2D eigenvalue weighted by molar-refractivity contribution is 7.90. The third kappa shape index (κ3) is 3.72. The van der Waals surface area contributed by atoms with Gasteiger partial charge >= 0.3 is 10.2 Å². The van der Waals surface area contributed by atoms with Crippen LogP contribution in [0.3, 0.4) is 0 Å². The first kappa shape index (κ1) is 20.6. The molecule has 0 unspecified atom stereocenters. The number of hydrogen-bond donors (Lipinski definition) is 1. The molecule has 1 aliphatic heterocycles. The van der Waals surface area contributed by atoms with Crippen molar-refractivity contribution in [3.8, 4) is 0 Å².